The molecule has 19 heavy (non-hydrogen) atoms. The van der Waals surface area contributed by atoms with Crippen molar-refractivity contribution in [2.24, 2.45) is 0 Å². The van der Waals surface area contributed by atoms with Gasteiger partial charge in [-0.05, 0) is 24.6 Å². The number of ether oxygens (including phenoxy) is 1. The summed E-state index contributed by atoms with van der Waals surface area (Å²) < 4.78 is 32.1. The fourth-order valence-corrected chi connectivity index (χ4v) is 5.24. The van der Waals surface area contributed by atoms with E-state index < -0.39 is 15.6 Å². The van der Waals surface area contributed by atoms with Crippen LogP contribution in [-0.2, 0) is 20.3 Å². The summed E-state index contributed by atoms with van der Waals surface area (Å²) in [6.45, 7) is 2.32. The average molecular weight is 282 g/mol. The number of benzene rings is 1. The van der Waals surface area contributed by atoms with E-state index in [1.54, 1.807) is 23.5 Å². The van der Waals surface area contributed by atoms with Crippen molar-refractivity contribution in [3.05, 3.63) is 29.8 Å². The molecule has 1 N–H and O–H groups in total. The largest absolute Gasteiger partial charge is 0.383 e. The molecule has 1 aromatic rings. The lowest BCUT2D eigenvalue weighted by molar-refractivity contribution is 0.138. The van der Waals surface area contributed by atoms with Gasteiger partial charge in [-0.1, -0.05) is 18.2 Å². The van der Waals surface area contributed by atoms with Crippen LogP contribution in [0.3, 0.4) is 0 Å². The van der Waals surface area contributed by atoms with E-state index in [1.807, 2.05) is 12.1 Å². The lowest BCUT2D eigenvalue weighted by Crippen LogP contribution is -2.46. The summed E-state index contributed by atoms with van der Waals surface area (Å²) in [5.41, 5.74) is 0.504. The third-order valence-electron chi connectivity index (χ3n) is 4.07. The number of hydrogen-bond donors (Lipinski definition) is 1. The SMILES string of the molecule is COCCN1[C@@]2(CCNC2)c2ccccc2S1(=O)=O. The molecule has 6 heteroatoms. The van der Waals surface area contributed by atoms with Crippen LogP contribution in [0.4, 0.5) is 0 Å². The van der Waals surface area contributed by atoms with E-state index in [1.165, 1.54) is 0 Å². The van der Waals surface area contributed by atoms with Crippen LogP contribution in [0.5, 0.6) is 0 Å². The summed E-state index contributed by atoms with van der Waals surface area (Å²) >= 11 is 0. The fourth-order valence-electron chi connectivity index (χ4n) is 3.19. The molecule has 2 aliphatic heterocycles. The van der Waals surface area contributed by atoms with E-state index in [9.17, 15) is 8.42 Å². The molecule has 1 spiro atoms. The molecule has 0 amide bonds. The van der Waals surface area contributed by atoms with Crippen molar-refractivity contribution in [2.45, 2.75) is 16.9 Å². The van der Waals surface area contributed by atoms with Gasteiger partial charge in [-0.2, -0.15) is 4.31 Å². The van der Waals surface area contributed by atoms with Gasteiger partial charge in [0.2, 0.25) is 10.0 Å². The maximum absolute atomic E-state index is 12.7. The number of fused-ring (bicyclic) bond motifs is 2. The molecule has 2 aliphatic rings. The fraction of sp³-hybridized carbons (Fsp3) is 0.538. The van der Waals surface area contributed by atoms with Crippen LogP contribution in [0.15, 0.2) is 29.2 Å². The van der Waals surface area contributed by atoms with Gasteiger partial charge in [-0.25, -0.2) is 8.42 Å². The molecule has 2 heterocycles. The first kappa shape index (κ1) is 13.1. The third kappa shape index (κ3) is 1.74. The molecule has 1 aromatic carbocycles. The Morgan fingerprint density at radius 2 is 2.21 bits per heavy atom. The van der Waals surface area contributed by atoms with Crippen LogP contribution in [-0.4, -0.2) is 46.1 Å². The smallest absolute Gasteiger partial charge is 0.244 e. The lowest BCUT2D eigenvalue weighted by atomic mass is 9.89. The molecule has 1 atom stereocenters. The summed E-state index contributed by atoms with van der Waals surface area (Å²) in [6.07, 6.45) is 0.812. The third-order valence-corrected chi connectivity index (χ3v) is 6.09. The van der Waals surface area contributed by atoms with Gasteiger partial charge in [0.05, 0.1) is 17.0 Å². The monoisotopic (exact) mass is 282 g/mol. The van der Waals surface area contributed by atoms with E-state index in [0.717, 1.165) is 18.5 Å². The predicted octanol–water partition coefficient (Wildman–Crippen LogP) is 0.526. The van der Waals surface area contributed by atoms with Gasteiger partial charge in [0, 0.05) is 20.2 Å². The Balaban J connectivity index is 2.14. The highest BCUT2D eigenvalue weighted by Gasteiger charge is 2.54. The van der Waals surface area contributed by atoms with Crippen molar-refractivity contribution in [2.75, 3.05) is 33.4 Å². The zero-order chi connectivity index (χ0) is 13.5. The lowest BCUT2D eigenvalue weighted by Gasteiger charge is -2.33. The topological polar surface area (TPSA) is 58.6 Å². The van der Waals surface area contributed by atoms with Crippen LogP contribution in [0.25, 0.3) is 0 Å². The molecule has 0 radical (unpaired) electrons. The number of sulfonamides is 1. The summed E-state index contributed by atoms with van der Waals surface area (Å²) in [7, 11) is -1.80. The molecule has 3 rings (SSSR count). The van der Waals surface area contributed by atoms with Gasteiger partial charge < -0.3 is 10.1 Å². The molecule has 0 saturated carbocycles. The average Bonchev–Trinajstić information content (AvgIpc) is 2.95. The van der Waals surface area contributed by atoms with E-state index in [4.69, 9.17) is 4.74 Å². The van der Waals surface area contributed by atoms with Crippen molar-refractivity contribution in [3.63, 3.8) is 0 Å². The zero-order valence-electron chi connectivity index (χ0n) is 10.9. The minimum atomic E-state index is -3.40. The molecular weight excluding hydrogens is 264 g/mol. The summed E-state index contributed by atoms with van der Waals surface area (Å²) in [5.74, 6) is 0. The Morgan fingerprint density at radius 1 is 1.42 bits per heavy atom. The van der Waals surface area contributed by atoms with Gasteiger partial charge in [-0.3, -0.25) is 0 Å². The van der Waals surface area contributed by atoms with Gasteiger partial charge in [0.15, 0.2) is 0 Å². The first-order valence-electron chi connectivity index (χ1n) is 6.45. The highest BCUT2D eigenvalue weighted by Crippen LogP contribution is 2.47. The second-order valence-electron chi connectivity index (χ2n) is 5.02. The molecule has 0 unspecified atom stereocenters. The van der Waals surface area contributed by atoms with Gasteiger partial charge >= 0.3 is 0 Å². The number of rotatable bonds is 3. The van der Waals surface area contributed by atoms with Crippen molar-refractivity contribution < 1.29 is 13.2 Å². The Kier molecular flexibility index (Phi) is 3.13. The Morgan fingerprint density at radius 3 is 2.89 bits per heavy atom. The Bertz CT molecular complexity index is 579. The Hall–Kier alpha value is -0.950. The van der Waals surface area contributed by atoms with Crippen LogP contribution >= 0.6 is 0 Å². The molecule has 0 aliphatic carbocycles. The predicted molar refractivity (Wildman–Crippen MR) is 71.4 cm³/mol. The van der Waals surface area contributed by atoms with E-state index in [0.29, 0.717) is 24.6 Å². The highest BCUT2D eigenvalue weighted by molar-refractivity contribution is 7.89. The normalized spacial score (nSPS) is 28.9. The first-order valence-corrected chi connectivity index (χ1v) is 7.89. The number of hydrogen-bond acceptors (Lipinski definition) is 4. The quantitative estimate of drug-likeness (QED) is 0.878. The van der Waals surface area contributed by atoms with Gasteiger partial charge in [-0.15, -0.1) is 0 Å². The van der Waals surface area contributed by atoms with Crippen LogP contribution < -0.4 is 5.32 Å². The van der Waals surface area contributed by atoms with Gasteiger partial charge in [0.25, 0.3) is 0 Å². The van der Waals surface area contributed by atoms with Crippen molar-refractivity contribution in [3.8, 4) is 0 Å². The molecule has 5 nitrogen and oxygen atoms in total. The second-order valence-corrected chi connectivity index (χ2v) is 6.86. The van der Waals surface area contributed by atoms with E-state index in [-0.39, 0.29) is 0 Å². The molecule has 1 fully saturated rings. The summed E-state index contributed by atoms with van der Waals surface area (Å²) in [5, 5.41) is 3.29. The molecule has 1 saturated heterocycles. The summed E-state index contributed by atoms with van der Waals surface area (Å²) in [4.78, 5) is 0.454. The van der Waals surface area contributed by atoms with Crippen LogP contribution in [0.2, 0.25) is 0 Å². The van der Waals surface area contributed by atoms with Crippen molar-refractivity contribution >= 4 is 10.0 Å². The maximum Gasteiger partial charge on any atom is 0.244 e. The van der Waals surface area contributed by atoms with Crippen LogP contribution in [0.1, 0.15) is 12.0 Å². The number of nitrogens with zero attached hydrogens (tertiary/aromatic N) is 1. The minimum Gasteiger partial charge on any atom is -0.383 e. The standard InChI is InChI=1S/C13H18N2O3S/c1-18-9-8-15-13(6-7-14-10-13)11-4-2-3-5-12(11)19(15,16)17/h2-5,14H,6-10H2,1H3/t13-/m1/s1. The van der Waals surface area contributed by atoms with Gasteiger partial charge in [0.1, 0.15) is 0 Å². The first-order chi connectivity index (χ1) is 9.13. The number of methoxy groups -OCH3 is 1. The summed E-state index contributed by atoms with van der Waals surface area (Å²) in [6, 6.07) is 7.34. The molecule has 104 valence electrons. The molecular formula is C13H18N2O3S. The van der Waals surface area contributed by atoms with E-state index >= 15 is 0 Å². The Labute approximate surface area is 113 Å². The van der Waals surface area contributed by atoms with E-state index in [2.05, 4.69) is 5.32 Å². The van der Waals surface area contributed by atoms with Crippen LogP contribution in [0, 0.1) is 0 Å². The van der Waals surface area contributed by atoms with Crippen molar-refractivity contribution in [1.82, 2.24) is 9.62 Å². The number of nitrogens with one attached hydrogen (secondary N) is 1. The maximum atomic E-state index is 12.7. The molecule has 0 aromatic heterocycles. The van der Waals surface area contributed by atoms with Crippen molar-refractivity contribution in [1.29, 1.82) is 0 Å². The molecule has 0 bridgehead atoms. The zero-order valence-corrected chi connectivity index (χ0v) is 11.7. The minimum absolute atomic E-state index is 0.398. The highest BCUT2D eigenvalue weighted by atomic mass is 32.2. The second kappa shape index (κ2) is 4.56.